The first-order valence-electron chi connectivity index (χ1n) is 11.8. The van der Waals surface area contributed by atoms with Crippen molar-refractivity contribution in [3.8, 4) is 17.6 Å². The molecule has 2 saturated heterocycles. The van der Waals surface area contributed by atoms with Crippen LogP contribution in [0, 0.1) is 17.1 Å². The Morgan fingerprint density at radius 1 is 1.18 bits per heavy atom. The molecule has 0 radical (unpaired) electrons. The molecule has 1 unspecified atom stereocenters. The minimum atomic E-state index is -4.17. The number of hydrogen-bond donors (Lipinski definition) is 2. The standard InChI is InChI=1S/C24H24F2N6O4S.ClH/c25-15-7-10-31(13-15)37(34,35)30-22-4-2-20(26)23(19(22)12-27)36-17-1-3-21-18(11-17)24(33)32(14-29-21)16-5-8-28-9-6-16;/h1-4,11,14-16,28,30H,5-10,13H2;1H. The number of hydrogen-bond acceptors (Lipinski definition) is 7. The van der Waals surface area contributed by atoms with E-state index in [2.05, 4.69) is 15.0 Å². The molecule has 14 heteroatoms. The third-order valence-corrected chi connectivity index (χ3v) is 8.06. The van der Waals surface area contributed by atoms with Crippen LogP contribution in [-0.4, -0.2) is 54.6 Å². The topological polar surface area (TPSA) is 129 Å². The highest BCUT2D eigenvalue weighted by atomic mass is 35.5. The van der Waals surface area contributed by atoms with Crippen LogP contribution in [0.3, 0.4) is 0 Å². The molecule has 0 aliphatic carbocycles. The number of halogens is 3. The smallest absolute Gasteiger partial charge is 0.301 e. The first-order valence-corrected chi connectivity index (χ1v) is 13.2. The van der Waals surface area contributed by atoms with Crippen molar-refractivity contribution >= 4 is 39.2 Å². The molecule has 38 heavy (non-hydrogen) atoms. The predicted molar refractivity (Wildman–Crippen MR) is 139 cm³/mol. The Balaban J connectivity index is 0.00000336. The van der Waals surface area contributed by atoms with E-state index in [0.29, 0.717) is 5.52 Å². The van der Waals surface area contributed by atoms with Crippen LogP contribution < -0.4 is 20.3 Å². The SMILES string of the molecule is Cl.N#Cc1c(NS(=O)(=O)N2CCC(F)C2)ccc(F)c1Oc1ccc2ncn(C3CCNCC3)c(=O)c2c1. The van der Waals surface area contributed by atoms with Crippen LogP contribution in [0.4, 0.5) is 14.5 Å². The van der Waals surface area contributed by atoms with Crippen molar-refractivity contribution in [2.24, 2.45) is 0 Å². The highest BCUT2D eigenvalue weighted by molar-refractivity contribution is 7.90. The first kappa shape index (κ1) is 27.7. The van der Waals surface area contributed by atoms with Gasteiger partial charge in [0.2, 0.25) is 0 Å². The van der Waals surface area contributed by atoms with Crippen molar-refractivity contribution in [2.75, 3.05) is 30.9 Å². The third kappa shape index (κ3) is 5.44. The summed E-state index contributed by atoms with van der Waals surface area (Å²) in [5.74, 6) is -1.33. The number of fused-ring (bicyclic) bond motifs is 1. The number of anilines is 1. The summed E-state index contributed by atoms with van der Waals surface area (Å²) in [4.78, 5) is 17.6. The van der Waals surface area contributed by atoms with Gasteiger partial charge in [-0.25, -0.2) is 13.8 Å². The summed E-state index contributed by atoms with van der Waals surface area (Å²) >= 11 is 0. The number of alkyl halides is 1. The molecule has 3 heterocycles. The number of rotatable bonds is 6. The molecule has 2 aliphatic rings. The zero-order valence-corrected chi connectivity index (χ0v) is 21.7. The molecule has 0 bridgehead atoms. The van der Waals surface area contributed by atoms with E-state index in [-0.39, 0.29) is 60.3 Å². The van der Waals surface area contributed by atoms with E-state index in [1.807, 2.05) is 0 Å². The summed E-state index contributed by atoms with van der Waals surface area (Å²) < 4.78 is 64.1. The number of nitrogens with zero attached hydrogens (tertiary/aromatic N) is 4. The maximum Gasteiger partial charge on any atom is 0.301 e. The van der Waals surface area contributed by atoms with Crippen molar-refractivity contribution in [3.63, 3.8) is 0 Å². The molecule has 5 rings (SSSR count). The predicted octanol–water partition coefficient (Wildman–Crippen LogP) is 3.25. The molecule has 10 nitrogen and oxygen atoms in total. The van der Waals surface area contributed by atoms with Gasteiger partial charge < -0.3 is 10.1 Å². The van der Waals surface area contributed by atoms with E-state index in [0.717, 1.165) is 42.4 Å². The van der Waals surface area contributed by atoms with Gasteiger partial charge in [-0.3, -0.25) is 14.1 Å². The number of piperidine rings is 1. The second-order valence-electron chi connectivity index (χ2n) is 8.98. The number of benzene rings is 2. The third-order valence-electron chi connectivity index (χ3n) is 6.57. The Morgan fingerprint density at radius 3 is 2.63 bits per heavy atom. The van der Waals surface area contributed by atoms with Gasteiger partial charge in [-0.05, 0) is 62.7 Å². The van der Waals surface area contributed by atoms with Crippen molar-refractivity contribution < 1.29 is 21.9 Å². The van der Waals surface area contributed by atoms with Crippen LogP contribution in [0.2, 0.25) is 0 Å². The molecule has 1 aromatic heterocycles. The Kier molecular flexibility index (Phi) is 8.17. The Morgan fingerprint density at radius 2 is 1.95 bits per heavy atom. The molecule has 0 spiro atoms. The van der Waals surface area contributed by atoms with Crippen LogP contribution in [0.1, 0.15) is 30.9 Å². The van der Waals surface area contributed by atoms with Gasteiger partial charge in [0.1, 0.15) is 23.6 Å². The lowest BCUT2D eigenvalue weighted by Gasteiger charge is -2.24. The Hall–Kier alpha value is -3.31. The lowest BCUT2D eigenvalue weighted by molar-refractivity contribution is 0.343. The fraction of sp³-hybridized carbons (Fsp3) is 0.375. The van der Waals surface area contributed by atoms with Gasteiger partial charge in [-0.1, -0.05) is 0 Å². The van der Waals surface area contributed by atoms with Gasteiger partial charge in [0, 0.05) is 19.1 Å². The largest absolute Gasteiger partial charge is 0.453 e. The molecule has 2 aliphatic heterocycles. The van der Waals surface area contributed by atoms with E-state index in [9.17, 15) is 27.3 Å². The van der Waals surface area contributed by atoms with E-state index < -0.39 is 33.5 Å². The van der Waals surface area contributed by atoms with Crippen LogP contribution in [0.25, 0.3) is 10.9 Å². The summed E-state index contributed by atoms with van der Waals surface area (Å²) in [6, 6.07) is 8.30. The molecule has 2 N–H and O–H groups in total. The Bertz CT molecular complexity index is 1560. The normalized spacial score (nSPS) is 18.6. The van der Waals surface area contributed by atoms with Crippen molar-refractivity contribution in [1.82, 2.24) is 19.2 Å². The summed E-state index contributed by atoms with van der Waals surface area (Å²) in [5, 5.41) is 13.2. The first-order chi connectivity index (χ1) is 17.8. The quantitative estimate of drug-likeness (QED) is 0.468. The van der Waals surface area contributed by atoms with Crippen molar-refractivity contribution in [2.45, 2.75) is 31.5 Å². The second-order valence-corrected chi connectivity index (χ2v) is 10.7. The molecular formula is C24H25ClF2N6O4S. The molecule has 1 atom stereocenters. The van der Waals surface area contributed by atoms with Crippen molar-refractivity contribution in [1.29, 1.82) is 5.26 Å². The molecular weight excluding hydrogens is 542 g/mol. The molecule has 0 saturated carbocycles. The zero-order valence-electron chi connectivity index (χ0n) is 20.1. The lowest BCUT2D eigenvalue weighted by atomic mass is 10.1. The zero-order chi connectivity index (χ0) is 26.2. The summed E-state index contributed by atoms with van der Waals surface area (Å²) in [7, 11) is -4.17. The van der Waals surface area contributed by atoms with Gasteiger partial charge in [0.25, 0.3) is 5.56 Å². The fourth-order valence-corrected chi connectivity index (χ4v) is 5.88. The van der Waals surface area contributed by atoms with Crippen LogP contribution >= 0.6 is 12.4 Å². The molecule has 0 amide bonds. The van der Waals surface area contributed by atoms with Gasteiger partial charge in [0.15, 0.2) is 11.6 Å². The average molecular weight is 567 g/mol. The van der Waals surface area contributed by atoms with Gasteiger partial charge in [-0.15, -0.1) is 12.4 Å². The van der Waals surface area contributed by atoms with E-state index in [1.54, 1.807) is 16.7 Å². The maximum atomic E-state index is 14.8. The number of aromatic nitrogens is 2. The minimum Gasteiger partial charge on any atom is -0.453 e. The number of ether oxygens (including phenoxy) is 1. The summed E-state index contributed by atoms with van der Waals surface area (Å²) in [5.41, 5.74) is -0.432. The Labute approximate surface area is 223 Å². The molecule has 2 aromatic carbocycles. The highest BCUT2D eigenvalue weighted by Gasteiger charge is 2.32. The average Bonchev–Trinajstić information content (AvgIpc) is 3.34. The lowest BCUT2D eigenvalue weighted by Crippen LogP contribution is -2.34. The van der Waals surface area contributed by atoms with Crippen molar-refractivity contribution in [3.05, 3.63) is 58.4 Å². The van der Waals surface area contributed by atoms with Crippen LogP contribution in [0.15, 0.2) is 41.5 Å². The second kappa shape index (κ2) is 11.2. The van der Waals surface area contributed by atoms with E-state index in [4.69, 9.17) is 4.74 Å². The summed E-state index contributed by atoms with van der Waals surface area (Å²) in [6.07, 6.45) is 1.88. The molecule has 2 fully saturated rings. The number of nitriles is 1. The molecule has 3 aromatic rings. The van der Waals surface area contributed by atoms with E-state index >= 15 is 0 Å². The minimum absolute atomic E-state index is 0. The molecule has 202 valence electrons. The van der Waals surface area contributed by atoms with Gasteiger partial charge >= 0.3 is 10.2 Å². The van der Waals surface area contributed by atoms with Crippen LogP contribution in [-0.2, 0) is 10.2 Å². The van der Waals surface area contributed by atoms with Gasteiger partial charge in [0.05, 0.1) is 22.9 Å². The maximum absolute atomic E-state index is 14.8. The monoisotopic (exact) mass is 566 g/mol. The number of nitrogens with one attached hydrogen (secondary N) is 2. The van der Waals surface area contributed by atoms with Crippen LogP contribution in [0.5, 0.6) is 11.5 Å². The highest BCUT2D eigenvalue weighted by Crippen LogP contribution is 2.34. The van der Waals surface area contributed by atoms with E-state index in [1.165, 1.54) is 18.5 Å². The summed E-state index contributed by atoms with van der Waals surface area (Å²) in [6.45, 7) is 1.27. The fourth-order valence-electron chi connectivity index (χ4n) is 4.60. The van der Waals surface area contributed by atoms with Gasteiger partial charge in [-0.2, -0.15) is 18.0 Å².